The molecule has 0 aliphatic carbocycles. The molecular weight excluding hydrogens is 312 g/mol. The predicted octanol–water partition coefficient (Wildman–Crippen LogP) is -2.36. The largest absolute Gasteiger partial charge is 0.376 e. The van der Waals surface area contributed by atoms with Crippen LogP contribution in [0.25, 0.3) is 0 Å². The SMILES string of the molecule is CC(=O)C1(O)O[C@@H](C)[C@@](O)(C(C)=O)[C@](O)(C(C)=O)[C@]1(O)C(C)=O. The normalized spacial score (nSPS) is 43.8. The second-order valence-corrected chi connectivity index (χ2v) is 5.82. The van der Waals surface area contributed by atoms with E-state index in [-0.39, 0.29) is 0 Å². The number of Topliss-reactive ketones (excluding diaryl/α,β-unsaturated/α-hetero) is 4. The maximum atomic E-state index is 12.1. The van der Waals surface area contributed by atoms with E-state index in [9.17, 15) is 39.6 Å². The summed E-state index contributed by atoms with van der Waals surface area (Å²) >= 11 is 0. The summed E-state index contributed by atoms with van der Waals surface area (Å²) in [4.78, 5) is 47.8. The molecule has 1 saturated heterocycles. The fourth-order valence-electron chi connectivity index (χ4n) is 3.14. The Morgan fingerprint density at radius 1 is 0.739 bits per heavy atom. The molecule has 0 aromatic carbocycles. The lowest BCUT2D eigenvalue weighted by Crippen LogP contribution is -2.90. The number of rotatable bonds is 4. The molecule has 0 saturated carbocycles. The van der Waals surface area contributed by atoms with Gasteiger partial charge in [-0.05, 0) is 27.7 Å². The monoisotopic (exact) mass is 332 g/mol. The maximum Gasteiger partial charge on any atom is 0.267 e. The lowest BCUT2D eigenvalue weighted by Gasteiger charge is -2.59. The molecule has 130 valence electrons. The lowest BCUT2D eigenvalue weighted by molar-refractivity contribution is -0.385. The summed E-state index contributed by atoms with van der Waals surface area (Å²) in [6, 6.07) is 0. The van der Waals surface area contributed by atoms with E-state index >= 15 is 0 Å². The molecule has 1 unspecified atom stereocenters. The second-order valence-electron chi connectivity index (χ2n) is 5.82. The minimum Gasteiger partial charge on any atom is -0.376 e. The van der Waals surface area contributed by atoms with Gasteiger partial charge in [0, 0.05) is 6.92 Å². The number of carbonyl (C=O) groups excluding carboxylic acids is 4. The van der Waals surface area contributed by atoms with E-state index in [1.54, 1.807) is 0 Å². The maximum absolute atomic E-state index is 12.1. The van der Waals surface area contributed by atoms with Crippen molar-refractivity contribution in [2.45, 2.75) is 63.3 Å². The fourth-order valence-corrected chi connectivity index (χ4v) is 3.14. The van der Waals surface area contributed by atoms with Gasteiger partial charge in [0.2, 0.25) is 11.2 Å². The number of carbonyl (C=O) groups is 4. The molecule has 1 heterocycles. The van der Waals surface area contributed by atoms with Gasteiger partial charge >= 0.3 is 0 Å². The van der Waals surface area contributed by atoms with Gasteiger partial charge < -0.3 is 25.2 Å². The molecule has 0 aromatic rings. The standard InChI is InChI=1S/C14H20O9/c1-6(15)11(19)10(5)23-14(22,9(4)18)13(21,8(3)17)12(11,20)7(2)16/h10,19-22H,1-5H3/t10-,11-,12+,13+,14?/m0/s1. The highest BCUT2D eigenvalue weighted by atomic mass is 16.7. The van der Waals surface area contributed by atoms with E-state index in [0.717, 1.165) is 20.8 Å². The number of hydrogen-bond acceptors (Lipinski definition) is 9. The Kier molecular flexibility index (Phi) is 4.46. The van der Waals surface area contributed by atoms with E-state index < -0.39 is 51.8 Å². The van der Waals surface area contributed by atoms with Crippen LogP contribution in [-0.2, 0) is 23.9 Å². The lowest BCUT2D eigenvalue weighted by atomic mass is 9.58. The Labute approximate surface area is 131 Å². The third-order valence-electron chi connectivity index (χ3n) is 4.53. The zero-order valence-corrected chi connectivity index (χ0v) is 13.4. The molecule has 0 aromatic heterocycles. The Hall–Kier alpha value is -1.52. The van der Waals surface area contributed by atoms with E-state index in [0.29, 0.717) is 13.8 Å². The van der Waals surface area contributed by atoms with Crippen molar-refractivity contribution in [2.75, 3.05) is 0 Å². The first kappa shape index (κ1) is 19.5. The smallest absolute Gasteiger partial charge is 0.267 e. The van der Waals surface area contributed by atoms with Gasteiger partial charge in [0.05, 0.1) is 6.10 Å². The summed E-state index contributed by atoms with van der Waals surface area (Å²) in [6.45, 7) is 3.91. The number of ketones is 4. The molecular formula is C14H20O9. The number of aliphatic hydroxyl groups is 4. The summed E-state index contributed by atoms with van der Waals surface area (Å²) in [6.07, 6.45) is -1.79. The molecule has 1 rings (SSSR count). The summed E-state index contributed by atoms with van der Waals surface area (Å²) in [7, 11) is 0. The van der Waals surface area contributed by atoms with Gasteiger partial charge in [0.1, 0.15) is 0 Å². The topological polar surface area (TPSA) is 158 Å². The van der Waals surface area contributed by atoms with E-state index in [1.165, 1.54) is 0 Å². The quantitative estimate of drug-likeness (QED) is 0.442. The molecule has 0 spiro atoms. The fraction of sp³-hybridized carbons (Fsp3) is 0.714. The van der Waals surface area contributed by atoms with Gasteiger partial charge in [-0.15, -0.1) is 0 Å². The van der Waals surface area contributed by atoms with Crippen LogP contribution in [0.15, 0.2) is 0 Å². The van der Waals surface area contributed by atoms with E-state index in [4.69, 9.17) is 4.74 Å². The minimum absolute atomic E-state index is 0.668. The molecule has 1 aliphatic rings. The molecule has 0 amide bonds. The first-order valence-electron chi connectivity index (χ1n) is 6.77. The Bertz CT molecular complexity index is 599. The van der Waals surface area contributed by atoms with Crippen LogP contribution < -0.4 is 0 Å². The van der Waals surface area contributed by atoms with E-state index in [1.807, 2.05) is 0 Å². The van der Waals surface area contributed by atoms with Crippen LogP contribution in [-0.4, -0.2) is 72.3 Å². The van der Waals surface area contributed by atoms with Crippen molar-refractivity contribution in [3.63, 3.8) is 0 Å². The molecule has 9 heteroatoms. The third-order valence-corrected chi connectivity index (χ3v) is 4.53. The van der Waals surface area contributed by atoms with Gasteiger partial charge in [0.15, 0.2) is 28.7 Å². The van der Waals surface area contributed by atoms with Crippen molar-refractivity contribution < 1.29 is 44.3 Å². The first-order chi connectivity index (χ1) is 10.2. The van der Waals surface area contributed by atoms with Crippen LogP contribution in [0.4, 0.5) is 0 Å². The van der Waals surface area contributed by atoms with Crippen molar-refractivity contribution in [3.05, 3.63) is 0 Å². The molecule has 23 heavy (non-hydrogen) atoms. The third kappa shape index (κ3) is 1.91. The van der Waals surface area contributed by atoms with Crippen molar-refractivity contribution in [2.24, 2.45) is 0 Å². The predicted molar refractivity (Wildman–Crippen MR) is 73.1 cm³/mol. The van der Waals surface area contributed by atoms with Crippen LogP contribution in [0, 0.1) is 0 Å². The van der Waals surface area contributed by atoms with Gasteiger partial charge in [0.25, 0.3) is 5.79 Å². The zero-order valence-electron chi connectivity index (χ0n) is 13.4. The Morgan fingerprint density at radius 3 is 1.39 bits per heavy atom. The van der Waals surface area contributed by atoms with Crippen molar-refractivity contribution >= 4 is 23.1 Å². The highest BCUT2D eigenvalue weighted by Crippen LogP contribution is 2.50. The van der Waals surface area contributed by atoms with Gasteiger partial charge in [-0.25, -0.2) is 0 Å². The van der Waals surface area contributed by atoms with Crippen molar-refractivity contribution in [1.29, 1.82) is 0 Å². The second kappa shape index (κ2) is 5.25. The molecule has 9 nitrogen and oxygen atoms in total. The van der Waals surface area contributed by atoms with Crippen LogP contribution in [0.5, 0.6) is 0 Å². The van der Waals surface area contributed by atoms with Crippen LogP contribution >= 0.6 is 0 Å². The van der Waals surface area contributed by atoms with Crippen LogP contribution in [0.3, 0.4) is 0 Å². The van der Waals surface area contributed by atoms with E-state index in [2.05, 4.69) is 0 Å². The average molecular weight is 332 g/mol. The number of hydrogen-bond donors (Lipinski definition) is 4. The minimum atomic E-state index is -3.59. The molecule has 1 fully saturated rings. The average Bonchev–Trinajstić information content (AvgIpc) is 2.41. The highest BCUT2D eigenvalue weighted by molar-refractivity contribution is 6.08. The number of ether oxygens (including phenoxy) is 1. The molecule has 0 bridgehead atoms. The molecule has 4 N–H and O–H groups in total. The van der Waals surface area contributed by atoms with Gasteiger partial charge in [-0.3, -0.25) is 19.2 Å². The summed E-state index contributed by atoms with van der Waals surface area (Å²) in [5, 5.41) is 42.6. The molecule has 1 aliphatic heterocycles. The molecule has 5 atom stereocenters. The first-order valence-corrected chi connectivity index (χ1v) is 6.77. The summed E-state index contributed by atoms with van der Waals surface area (Å²) in [5.74, 6) is -8.68. The Balaban J connectivity index is 4.01. The van der Waals surface area contributed by atoms with Crippen molar-refractivity contribution in [3.8, 4) is 0 Å². The Morgan fingerprint density at radius 2 is 1.13 bits per heavy atom. The van der Waals surface area contributed by atoms with Gasteiger partial charge in [-0.1, -0.05) is 0 Å². The van der Waals surface area contributed by atoms with Gasteiger partial charge in [-0.2, -0.15) is 0 Å². The van der Waals surface area contributed by atoms with Crippen LogP contribution in [0.1, 0.15) is 34.6 Å². The van der Waals surface area contributed by atoms with Crippen LogP contribution in [0.2, 0.25) is 0 Å². The summed E-state index contributed by atoms with van der Waals surface area (Å²) < 4.78 is 4.89. The highest BCUT2D eigenvalue weighted by Gasteiger charge is 2.83. The van der Waals surface area contributed by atoms with Crippen molar-refractivity contribution in [1.82, 2.24) is 0 Å². The zero-order chi connectivity index (χ0) is 18.6. The molecule has 0 radical (unpaired) electrons. The summed E-state index contributed by atoms with van der Waals surface area (Å²) in [5.41, 5.74) is -10.2.